The molecule has 0 fully saturated rings. The molecule has 2 N–H and O–H groups in total. The maximum Gasteiger partial charge on any atom is 0.0938 e. The van der Waals surface area contributed by atoms with Crippen LogP contribution in [0.5, 0.6) is 0 Å². The summed E-state index contributed by atoms with van der Waals surface area (Å²) < 4.78 is 1.77. The van der Waals surface area contributed by atoms with Gasteiger partial charge in [0.1, 0.15) is 0 Å². The van der Waals surface area contributed by atoms with Gasteiger partial charge in [0.2, 0.25) is 0 Å². The lowest BCUT2D eigenvalue weighted by molar-refractivity contribution is 0.771. The fourth-order valence-corrected chi connectivity index (χ4v) is 2.58. The molecule has 0 spiro atoms. The molecule has 21 heavy (non-hydrogen) atoms. The second-order valence-corrected chi connectivity index (χ2v) is 5.63. The van der Waals surface area contributed by atoms with Crippen molar-refractivity contribution in [1.82, 2.24) is 20.1 Å². The van der Waals surface area contributed by atoms with Crippen LogP contribution in [-0.2, 0) is 13.6 Å². The minimum atomic E-state index is 0.708. The van der Waals surface area contributed by atoms with E-state index in [0.717, 1.165) is 40.1 Å². The number of H-pyrrole nitrogens is 1. The van der Waals surface area contributed by atoms with Crippen molar-refractivity contribution in [3.05, 3.63) is 53.5 Å². The Balaban J connectivity index is 2.00. The maximum absolute atomic E-state index is 6.39. The van der Waals surface area contributed by atoms with Crippen LogP contribution in [0.1, 0.15) is 12.6 Å². The van der Waals surface area contributed by atoms with Gasteiger partial charge in [-0.2, -0.15) is 5.10 Å². The molecule has 0 atom stereocenters. The van der Waals surface area contributed by atoms with E-state index < -0.39 is 0 Å². The summed E-state index contributed by atoms with van der Waals surface area (Å²) in [6.45, 7) is 6.50. The molecule has 4 nitrogen and oxygen atoms in total. The molecule has 0 bridgehead atoms. The first kappa shape index (κ1) is 13.8. The van der Waals surface area contributed by atoms with E-state index in [1.54, 1.807) is 4.68 Å². The zero-order valence-electron chi connectivity index (χ0n) is 12.1. The van der Waals surface area contributed by atoms with Crippen LogP contribution in [0.3, 0.4) is 0 Å². The Hall–Kier alpha value is -2.20. The van der Waals surface area contributed by atoms with Gasteiger partial charge in [0.05, 0.1) is 17.3 Å². The van der Waals surface area contributed by atoms with Crippen molar-refractivity contribution < 1.29 is 0 Å². The van der Waals surface area contributed by atoms with E-state index in [4.69, 9.17) is 11.6 Å². The number of nitrogens with one attached hydrogen (secondary N) is 2. The predicted octanol–water partition coefficient (Wildman–Crippen LogP) is 3.85. The molecule has 0 aliphatic heterocycles. The lowest BCUT2D eigenvalue weighted by atomic mass is 10.1. The van der Waals surface area contributed by atoms with E-state index in [0.29, 0.717) is 5.02 Å². The molecule has 3 rings (SSSR count). The molecular formula is C16H17ClN4. The van der Waals surface area contributed by atoms with Gasteiger partial charge >= 0.3 is 0 Å². The largest absolute Gasteiger partial charge is 0.383 e. The average molecular weight is 301 g/mol. The smallest absolute Gasteiger partial charge is 0.0938 e. The number of hydrogen-bond acceptors (Lipinski definition) is 2. The number of allylic oxidation sites excluding steroid dienone is 1. The van der Waals surface area contributed by atoms with Crippen LogP contribution in [0.2, 0.25) is 5.02 Å². The third-order valence-corrected chi connectivity index (χ3v) is 3.65. The number of rotatable bonds is 4. The Morgan fingerprint density at radius 2 is 2.24 bits per heavy atom. The van der Waals surface area contributed by atoms with Gasteiger partial charge < -0.3 is 10.3 Å². The minimum Gasteiger partial charge on any atom is -0.383 e. The van der Waals surface area contributed by atoms with E-state index in [1.807, 2.05) is 38.4 Å². The first-order chi connectivity index (χ1) is 10.0. The van der Waals surface area contributed by atoms with Crippen LogP contribution in [0, 0.1) is 0 Å². The van der Waals surface area contributed by atoms with Gasteiger partial charge in [0.25, 0.3) is 0 Å². The number of nitrogens with zero attached hydrogens (tertiary/aromatic N) is 2. The van der Waals surface area contributed by atoms with Gasteiger partial charge in [0.15, 0.2) is 0 Å². The summed E-state index contributed by atoms with van der Waals surface area (Å²) in [4.78, 5) is 3.40. The van der Waals surface area contributed by atoms with E-state index in [1.165, 1.54) is 0 Å². The Kier molecular flexibility index (Phi) is 3.47. The Labute approximate surface area is 128 Å². The average Bonchev–Trinajstić information content (AvgIpc) is 3.01. The zero-order chi connectivity index (χ0) is 15.0. The highest BCUT2D eigenvalue weighted by Gasteiger charge is 2.10. The number of fused-ring (bicyclic) bond motifs is 1. The molecule has 108 valence electrons. The molecule has 5 heteroatoms. The standard InChI is InChI=1S/C16H17ClN4/c1-10(2)18-9-12-6-11-7-14(17)13(8-16(11)19-12)15-4-5-21(3)20-15/h4-8,18-19H,1,9H2,2-3H3. The molecule has 3 aromatic rings. The summed E-state index contributed by atoms with van der Waals surface area (Å²) in [5.74, 6) is 0. The molecule has 2 heterocycles. The van der Waals surface area contributed by atoms with Crippen molar-refractivity contribution in [3.8, 4) is 11.3 Å². The summed E-state index contributed by atoms with van der Waals surface area (Å²) in [7, 11) is 1.89. The number of halogens is 1. The lowest BCUT2D eigenvalue weighted by Crippen LogP contribution is -2.09. The monoisotopic (exact) mass is 300 g/mol. The van der Waals surface area contributed by atoms with Gasteiger partial charge in [-0.25, -0.2) is 0 Å². The minimum absolute atomic E-state index is 0.708. The first-order valence-corrected chi connectivity index (χ1v) is 7.11. The quantitative estimate of drug-likeness (QED) is 0.769. The second-order valence-electron chi connectivity index (χ2n) is 5.22. The van der Waals surface area contributed by atoms with Crippen molar-refractivity contribution in [2.24, 2.45) is 7.05 Å². The third-order valence-electron chi connectivity index (χ3n) is 3.33. The van der Waals surface area contributed by atoms with E-state index in [2.05, 4.69) is 28.0 Å². The number of aromatic amines is 1. The van der Waals surface area contributed by atoms with Gasteiger partial charge in [-0.1, -0.05) is 18.2 Å². The third kappa shape index (κ3) is 2.81. The van der Waals surface area contributed by atoms with Gasteiger partial charge in [-0.3, -0.25) is 4.68 Å². The summed E-state index contributed by atoms with van der Waals surface area (Å²) in [5, 5.41) is 9.43. The number of benzene rings is 1. The molecule has 2 aromatic heterocycles. The molecule has 0 aliphatic carbocycles. The van der Waals surface area contributed by atoms with Crippen LogP contribution >= 0.6 is 11.6 Å². The van der Waals surface area contributed by atoms with Crippen LogP contribution in [-0.4, -0.2) is 14.8 Å². The number of hydrogen-bond donors (Lipinski definition) is 2. The van der Waals surface area contributed by atoms with Crippen LogP contribution in [0.25, 0.3) is 22.2 Å². The van der Waals surface area contributed by atoms with Gasteiger partial charge in [-0.05, 0) is 31.2 Å². The van der Waals surface area contributed by atoms with Gasteiger partial charge in [-0.15, -0.1) is 0 Å². The summed E-state index contributed by atoms with van der Waals surface area (Å²) in [6.07, 6.45) is 1.91. The highest BCUT2D eigenvalue weighted by atomic mass is 35.5. The van der Waals surface area contributed by atoms with E-state index >= 15 is 0 Å². The van der Waals surface area contributed by atoms with E-state index in [9.17, 15) is 0 Å². The Morgan fingerprint density at radius 1 is 1.43 bits per heavy atom. The Morgan fingerprint density at radius 3 is 2.90 bits per heavy atom. The molecule has 0 aliphatic rings. The second kappa shape index (κ2) is 5.30. The topological polar surface area (TPSA) is 45.6 Å². The number of aryl methyl sites for hydroxylation is 1. The molecule has 0 saturated heterocycles. The molecule has 0 radical (unpaired) electrons. The fraction of sp³-hybridized carbons (Fsp3) is 0.188. The number of aromatic nitrogens is 3. The van der Waals surface area contributed by atoms with Crippen molar-refractivity contribution in [2.75, 3.05) is 0 Å². The van der Waals surface area contributed by atoms with Crippen LogP contribution in [0.4, 0.5) is 0 Å². The lowest BCUT2D eigenvalue weighted by Gasteiger charge is -2.02. The van der Waals surface area contributed by atoms with Crippen molar-refractivity contribution in [3.63, 3.8) is 0 Å². The first-order valence-electron chi connectivity index (χ1n) is 6.73. The molecule has 0 amide bonds. The van der Waals surface area contributed by atoms with Crippen LogP contribution < -0.4 is 5.32 Å². The van der Waals surface area contributed by atoms with Gasteiger partial charge in [0, 0.05) is 41.1 Å². The SMILES string of the molecule is C=C(C)NCc1cc2cc(Cl)c(-c3ccn(C)n3)cc2[nH]1. The fourth-order valence-electron chi connectivity index (χ4n) is 2.31. The molecular weight excluding hydrogens is 284 g/mol. The summed E-state index contributed by atoms with van der Waals surface area (Å²) in [5.41, 5.74) is 4.91. The maximum atomic E-state index is 6.39. The molecule has 0 unspecified atom stereocenters. The highest BCUT2D eigenvalue weighted by Crippen LogP contribution is 2.31. The summed E-state index contributed by atoms with van der Waals surface area (Å²) in [6, 6.07) is 8.07. The molecule has 0 saturated carbocycles. The van der Waals surface area contributed by atoms with Crippen LogP contribution in [0.15, 0.2) is 42.7 Å². The van der Waals surface area contributed by atoms with Crippen molar-refractivity contribution in [1.29, 1.82) is 0 Å². The van der Waals surface area contributed by atoms with Crippen molar-refractivity contribution >= 4 is 22.5 Å². The summed E-state index contributed by atoms with van der Waals surface area (Å²) >= 11 is 6.39. The highest BCUT2D eigenvalue weighted by molar-refractivity contribution is 6.34. The zero-order valence-corrected chi connectivity index (χ0v) is 12.8. The molecule has 1 aromatic carbocycles. The van der Waals surface area contributed by atoms with E-state index in [-0.39, 0.29) is 0 Å². The Bertz CT molecular complexity index is 813. The van der Waals surface area contributed by atoms with Crippen molar-refractivity contribution in [2.45, 2.75) is 13.5 Å². The normalized spacial score (nSPS) is 11.0. The predicted molar refractivity (Wildman–Crippen MR) is 87.2 cm³/mol.